The van der Waals surface area contributed by atoms with Crippen LogP contribution in [-0.2, 0) is 14.0 Å². The van der Waals surface area contributed by atoms with Gasteiger partial charge in [-0.05, 0) is 38.9 Å². The molecule has 0 aromatic carbocycles. The van der Waals surface area contributed by atoms with Crippen molar-refractivity contribution in [2.24, 2.45) is 5.92 Å². The number of carboxylic acid groups (broad SMARTS) is 1. The minimum absolute atomic E-state index is 0.0186. The first-order valence-corrected chi connectivity index (χ1v) is 11.4. The molecule has 1 saturated heterocycles. The van der Waals surface area contributed by atoms with E-state index in [0.717, 1.165) is 0 Å². The summed E-state index contributed by atoms with van der Waals surface area (Å²) in [5.74, 6) is -1.31. The second-order valence-corrected chi connectivity index (χ2v) is 13.9. The van der Waals surface area contributed by atoms with E-state index in [0.29, 0.717) is 0 Å². The smallest absolute Gasteiger partial charge is 0.411 e. The van der Waals surface area contributed by atoms with Gasteiger partial charge in [0.05, 0.1) is 12.6 Å². The van der Waals surface area contributed by atoms with Crippen LogP contribution >= 0.6 is 0 Å². The molecule has 7 heteroatoms. The standard InChI is InChI=1S/C17H33NO5Si/c1-11-12(23-24(8,9)17(5,6)7)10-18(13(11)14(19)20)15(21)22-16(2,3)4/h11-13H,10H2,1-9H3,(H,19,20)/t11-,12+,13+/m1/s1. The van der Waals surface area contributed by atoms with Gasteiger partial charge in [-0.25, -0.2) is 9.59 Å². The second kappa shape index (κ2) is 6.67. The Bertz CT molecular complexity index is 492. The number of nitrogens with zero attached hydrogens (tertiary/aromatic N) is 1. The number of aliphatic carboxylic acids is 1. The lowest BCUT2D eigenvalue weighted by atomic mass is 10.0. The SMILES string of the molecule is C[C@@H]1[C@@H](O[Si](C)(C)C(C)(C)C)CN(C(=O)OC(C)(C)C)[C@@H]1C(=O)O. The van der Waals surface area contributed by atoms with Crippen LogP contribution in [0.25, 0.3) is 0 Å². The minimum Gasteiger partial charge on any atom is -0.480 e. The molecule has 24 heavy (non-hydrogen) atoms. The Morgan fingerprint density at radius 3 is 2.00 bits per heavy atom. The summed E-state index contributed by atoms with van der Waals surface area (Å²) in [6.45, 7) is 18.1. The van der Waals surface area contributed by atoms with Gasteiger partial charge in [-0.2, -0.15) is 0 Å². The maximum atomic E-state index is 12.4. The monoisotopic (exact) mass is 359 g/mol. The molecular formula is C17H33NO5Si. The Labute approximate surface area is 146 Å². The van der Waals surface area contributed by atoms with Crippen LogP contribution in [0.4, 0.5) is 4.79 Å². The van der Waals surface area contributed by atoms with Crippen molar-refractivity contribution in [3.63, 3.8) is 0 Å². The van der Waals surface area contributed by atoms with Crippen LogP contribution in [0.3, 0.4) is 0 Å². The van der Waals surface area contributed by atoms with Crippen molar-refractivity contribution in [3.8, 4) is 0 Å². The predicted molar refractivity (Wildman–Crippen MR) is 95.6 cm³/mol. The lowest BCUT2D eigenvalue weighted by Crippen LogP contribution is -2.46. The summed E-state index contributed by atoms with van der Waals surface area (Å²) in [4.78, 5) is 25.4. The van der Waals surface area contributed by atoms with Crippen molar-refractivity contribution in [2.75, 3.05) is 6.54 Å². The van der Waals surface area contributed by atoms with Gasteiger partial charge in [0.25, 0.3) is 0 Å². The van der Waals surface area contributed by atoms with E-state index in [1.165, 1.54) is 4.90 Å². The summed E-state index contributed by atoms with van der Waals surface area (Å²) in [6, 6.07) is -0.922. The largest absolute Gasteiger partial charge is 0.480 e. The third-order valence-electron chi connectivity index (χ3n) is 4.93. The summed E-state index contributed by atoms with van der Waals surface area (Å²) < 4.78 is 11.8. The Morgan fingerprint density at radius 1 is 1.12 bits per heavy atom. The fraction of sp³-hybridized carbons (Fsp3) is 0.882. The van der Waals surface area contributed by atoms with Crippen molar-refractivity contribution in [2.45, 2.75) is 84.3 Å². The average Bonchev–Trinajstić information content (AvgIpc) is 2.62. The van der Waals surface area contributed by atoms with Gasteiger partial charge in [-0.3, -0.25) is 4.90 Å². The number of carbonyl (C=O) groups excluding carboxylic acids is 1. The topological polar surface area (TPSA) is 76.1 Å². The lowest BCUT2D eigenvalue weighted by molar-refractivity contribution is -0.143. The molecule has 6 nitrogen and oxygen atoms in total. The van der Waals surface area contributed by atoms with Crippen LogP contribution in [0.2, 0.25) is 18.1 Å². The molecule has 1 N–H and O–H groups in total. The third-order valence-corrected chi connectivity index (χ3v) is 9.43. The van der Waals surface area contributed by atoms with Crippen LogP contribution in [0.1, 0.15) is 48.5 Å². The number of ether oxygens (including phenoxy) is 1. The van der Waals surface area contributed by atoms with Crippen LogP contribution in [0.5, 0.6) is 0 Å². The summed E-state index contributed by atoms with van der Waals surface area (Å²) in [5, 5.41) is 9.60. The van der Waals surface area contributed by atoms with E-state index in [2.05, 4.69) is 33.9 Å². The number of likely N-dealkylation sites (tertiary alicyclic amines) is 1. The van der Waals surface area contributed by atoms with E-state index >= 15 is 0 Å². The highest BCUT2D eigenvalue weighted by atomic mass is 28.4. The van der Waals surface area contributed by atoms with Crippen LogP contribution in [-0.4, -0.2) is 54.7 Å². The molecule has 0 aromatic heterocycles. The van der Waals surface area contributed by atoms with Gasteiger partial charge in [-0.15, -0.1) is 0 Å². The molecule has 0 aromatic rings. The first kappa shape index (κ1) is 21.0. The van der Waals surface area contributed by atoms with E-state index < -0.39 is 32.0 Å². The summed E-state index contributed by atoms with van der Waals surface area (Å²) in [6.07, 6.45) is -0.886. The van der Waals surface area contributed by atoms with E-state index in [1.807, 2.05) is 6.92 Å². The van der Waals surface area contributed by atoms with Crippen molar-refractivity contribution in [1.29, 1.82) is 0 Å². The first-order chi connectivity index (χ1) is 10.6. The van der Waals surface area contributed by atoms with E-state index in [1.54, 1.807) is 20.8 Å². The quantitative estimate of drug-likeness (QED) is 0.777. The average molecular weight is 360 g/mol. The maximum Gasteiger partial charge on any atom is 0.411 e. The predicted octanol–water partition coefficient (Wildman–Crippen LogP) is 3.72. The molecule has 0 unspecified atom stereocenters. The normalized spacial score (nSPS) is 25.7. The molecule has 0 bridgehead atoms. The van der Waals surface area contributed by atoms with Gasteiger partial charge in [0.1, 0.15) is 11.6 Å². The zero-order valence-corrected chi connectivity index (χ0v) is 17.5. The fourth-order valence-electron chi connectivity index (χ4n) is 2.53. The Morgan fingerprint density at radius 2 is 1.62 bits per heavy atom. The summed E-state index contributed by atoms with van der Waals surface area (Å²) in [7, 11) is -2.06. The Hall–Kier alpha value is -1.08. The molecule has 1 amide bonds. The second-order valence-electron chi connectivity index (χ2n) is 9.19. The van der Waals surface area contributed by atoms with Gasteiger partial charge in [-0.1, -0.05) is 27.7 Å². The number of hydrogen-bond donors (Lipinski definition) is 1. The fourth-order valence-corrected chi connectivity index (χ4v) is 3.93. The summed E-state index contributed by atoms with van der Waals surface area (Å²) >= 11 is 0. The highest BCUT2D eigenvalue weighted by molar-refractivity contribution is 6.74. The number of hydrogen-bond acceptors (Lipinski definition) is 4. The number of carbonyl (C=O) groups is 2. The molecule has 1 aliphatic rings. The molecule has 0 spiro atoms. The van der Waals surface area contributed by atoms with E-state index in [9.17, 15) is 14.7 Å². The number of rotatable bonds is 3. The Kier molecular flexibility index (Phi) is 5.83. The molecule has 1 fully saturated rings. The van der Waals surface area contributed by atoms with Gasteiger partial charge in [0.2, 0.25) is 0 Å². The highest BCUT2D eigenvalue weighted by Gasteiger charge is 2.50. The molecule has 3 atom stereocenters. The van der Waals surface area contributed by atoms with Crippen molar-refractivity contribution in [3.05, 3.63) is 0 Å². The molecule has 0 aliphatic carbocycles. The molecular weight excluding hydrogens is 326 g/mol. The van der Waals surface area contributed by atoms with Crippen LogP contribution in [0.15, 0.2) is 0 Å². The van der Waals surface area contributed by atoms with Crippen molar-refractivity contribution >= 4 is 20.4 Å². The van der Waals surface area contributed by atoms with Crippen LogP contribution in [0, 0.1) is 5.92 Å². The van der Waals surface area contributed by atoms with Gasteiger partial charge >= 0.3 is 12.1 Å². The molecule has 1 aliphatic heterocycles. The molecule has 0 radical (unpaired) electrons. The van der Waals surface area contributed by atoms with Gasteiger partial charge in [0.15, 0.2) is 8.32 Å². The third kappa shape index (κ3) is 4.72. The minimum atomic E-state index is -2.06. The van der Waals surface area contributed by atoms with E-state index in [-0.39, 0.29) is 23.6 Å². The van der Waals surface area contributed by atoms with Crippen molar-refractivity contribution < 1.29 is 23.9 Å². The number of amides is 1. The van der Waals surface area contributed by atoms with Gasteiger partial charge < -0.3 is 14.3 Å². The molecule has 0 saturated carbocycles. The summed E-state index contributed by atoms with van der Waals surface area (Å²) in [5.41, 5.74) is -0.665. The van der Waals surface area contributed by atoms with E-state index in [4.69, 9.17) is 9.16 Å². The van der Waals surface area contributed by atoms with Crippen LogP contribution < -0.4 is 0 Å². The van der Waals surface area contributed by atoms with Gasteiger partial charge in [0, 0.05) is 5.92 Å². The molecule has 1 heterocycles. The number of carboxylic acids is 1. The molecule has 1 rings (SSSR count). The van der Waals surface area contributed by atoms with Crippen molar-refractivity contribution in [1.82, 2.24) is 4.90 Å². The lowest BCUT2D eigenvalue weighted by Gasteiger charge is -2.39. The Balaban J connectivity index is 3.01. The highest BCUT2D eigenvalue weighted by Crippen LogP contribution is 2.40. The zero-order chi connectivity index (χ0) is 19.1. The first-order valence-electron chi connectivity index (χ1n) is 8.47. The maximum absolute atomic E-state index is 12.4. The zero-order valence-electron chi connectivity index (χ0n) is 16.5. The molecule has 140 valence electrons.